The van der Waals surface area contributed by atoms with E-state index in [1.807, 2.05) is 5.32 Å². The Bertz CT molecular complexity index is 853. The van der Waals surface area contributed by atoms with Crippen LogP contribution < -0.4 is 10.6 Å². The van der Waals surface area contributed by atoms with Crippen molar-refractivity contribution in [2.24, 2.45) is 0 Å². The van der Waals surface area contributed by atoms with E-state index in [4.69, 9.17) is 0 Å². The highest BCUT2D eigenvalue weighted by molar-refractivity contribution is 8.22. The molecular weight excluding hydrogens is 373 g/mol. The smallest absolute Gasteiger partial charge is 0.294 e. The van der Waals surface area contributed by atoms with Gasteiger partial charge in [0, 0.05) is 5.69 Å². The molecule has 8 nitrogen and oxygen atoms in total. The molecule has 11 heteroatoms. The van der Waals surface area contributed by atoms with Crippen molar-refractivity contribution < 1.29 is 28.4 Å². The molecule has 128 valence electrons. The van der Waals surface area contributed by atoms with Crippen LogP contribution in [0.15, 0.2) is 34.1 Å². The molecule has 0 radical (unpaired) electrons. The van der Waals surface area contributed by atoms with Crippen LogP contribution in [0.4, 0.5) is 19.7 Å². The van der Waals surface area contributed by atoms with Crippen LogP contribution in [0.3, 0.4) is 0 Å². The highest BCUT2D eigenvalue weighted by Gasteiger charge is 2.42. The lowest BCUT2D eigenvalue weighted by molar-refractivity contribution is -0.127. The first-order valence-electron chi connectivity index (χ1n) is 6.71. The molecule has 5 amide bonds. The predicted octanol–water partition coefficient (Wildman–Crippen LogP) is 1.65. The zero-order valence-corrected chi connectivity index (χ0v) is 13.8. The van der Waals surface area contributed by atoms with Crippen LogP contribution in [0, 0.1) is 5.82 Å². The lowest BCUT2D eigenvalue weighted by Gasteiger charge is -2.12. The van der Waals surface area contributed by atoms with Crippen LogP contribution in [0.5, 0.6) is 0 Å². The average Bonchev–Trinajstić information content (AvgIpc) is 3.02. The molecule has 2 aliphatic heterocycles. The van der Waals surface area contributed by atoms with Crippen LogP contribution in [-0.4, -0.2) is 39.6 Å². The van der Waals surface area contributed by atoms with Gasteiger partial charge in [-0.15, -0.1) is 0 Å². The normalized spacial score (nSPS) is 20.3. The van der Waals surface area contributed by atoms with Gasteiger partial charge in [-0.25, -0.2) is 4.39 Å². The first-order valence-corrected chi connectivity index (χ1v) is 8.35. The Hall–Kier alpha value is -2.66. The van der Waals surface area contributed by atoms with Gasteiger partial charge in [0.1, 0.15) is 22.2 Å². The molecule has 0 atom stereocenters. The molecule has 0 unspecified atom stereocenters. The zero-order chi connectivity index (χ0) is 18.1. The average molecular weight is 381 g/mol. The number of hydrogen-bond donors (Lipinski definition) is 2. The Morgan fingerprint density at radius 1 is 1.08 bits per heavy atom. The van der Waals surface area contributed by atoms with E-state index in [9.17, 15) is 28.4 Å². The van der Waals surface area contributed by atoms with Gasteiger partial charge in [-0.1, -0.05) is 0 Å². The largest absolute Gasteiger partial charge is 0.325 e. The molecule has 0 spiro atoms. The van der Waals surface area contributed by atoms with Crippen molar-refractivity contribution in [2.75, 3.05) is 11.9 Å². The summed E-state index contributed by atoms with van der Waals surface area (Å²) in [5.74, 6) is -2.72. The van der Waals surface area contributed by atoms with Crippen molar-refractivity contribution in [3.63, 3.8) is 0 Å². The number of nitrogens with zero attached hydrogens (tertiary/aromatic N) is 1. The van der Waals surface area contributed by atoms with Crippen molar-refractivity contribution in [3.05, 3.63) is 39.9 Å². The number of carbonyl (C=O) groups excluding carboxylic acids is 5. The van der Waals surface area contributed by atoms with Crippen molar-refractivity contribution in [1.82, 2.24) is 10.2 Å². The predicted molar refractivity (Wildman–Crippen MR) is 87.9 cm³/mol. The topological polar surface area (TPSA) is 113 Å². The van der Waals surface area contributed by atoms with Crippen molar-refractivity contribution >= 4 is 57.4 Å². The second-order valence-electron chi connectivity index (χ2n) is 4.82. The maximum Gasteiger partial charge on any atom is 0.294 e. The summed E-state index contributed by atoms with van der Waals surface area (Å²) in [6.45, 7) is -0.570. The van der Waals surface area contributed by atoms with Crippen molar-refractivity contribution in [2.45, 2.75) is 0 Å². The van der Waals surface area contributed by atoms with E-state index in [0.717, 1.165) is 12.1 Å². The molecule has 3 rings (SSSR count). The summed E-state index contributed by atoms with van der Waals surface area (Å²) in [6.07, 6.45) is 0. The lowest BCUT2D eigenvalue weighted by atomic mass is 10.3. The summed E-state index contributed by atoms with van der Waals surface area (Å²) in [5, 5.41) is 3.05. The Balaban J connectivity index is 1.72. The quantitative estimate of drug-likeness (QED) is 0.766. The van der Waals surface area contributed by atoms with Crippen LogP contribution in [0.2, 0.25) is 0 Å². The molecular formula is C14H8FN3O5S2. The molecule has 0 aromatic heterocycles. The Kier molecular flexibility index (Phi) is 4.59. The van der Waals surface area contributed by atoms with Gasteiger partial charge in [-0.3, -0.25) is 34.2 Å². The second kappa shape index (κ2) is 6.69. The second-order valence-corrected chi connectivity index (χ2v) is 6.76. The van der Waals surface area contributed by atoms with E-state index in [1.54, 1.807) is 0 Å². The number of anilines is 1. The number of rotatable bonds is 3. The third kappa shape index (κ3) is 3.56. The molecule has 25 heavy (non-hydrogen) atoms. The molecule has 2 saturated heterocycles. The third-order valence-corrected chi connectivity index (χ3v) is 5.09. The summed E-state index contributed by atoms with van der Waals surface area (Å²) in [6, 6.07) is 4.95. The number of amides is 5. The minimum atomic E-state index is -0.823. The molecule has 0 saturated carbocycles. The van der Waals surface area contributed by atoms with Crippen LogP contribution in [0.25, 0.3) is 0 Å². The fraction of sp³-hybridized carbons (Fsp3) is 0.0714. The maximum absolute atomic E-state index is 12.8. The van der Waals surface area contributed by atoms with E-state index in [0.29, 0.717) is 34.1 Å². The molecule has 2 N–H and O–H groups in total. The molecule has 1 aromatic rings. The number of thioether (sulfide) groups is 2. The summed E-state index contributed by atoms with van der Waals surface area (Å²) in [4.78, 5) is 59.3. The number of hydrogen-bond acceptors (Lipinski definition) is 7. The summed E-state index contributed by atoms with van der Waals surface area (Å²) in [5.41, 5.74) is 0.299. The van der Waals surface area contributed by atoms with Crippen LogP contribution in [0.1, 0.15) is 0 Å². The van der Waals surface area contributed by atoms with Gasteiger partial charge >= 0.3 is 0 Å². The molecule has 0 bridgehead atoms. The maximum atomic E-state index is 12.8. The van der Waals surface area contributed by atoms with Gasteiger partial charge in [0.25, 0.3) is 22.3 Å². The number of imide groups is 2. The lowest BCUT2D eigenvalue weighted by Crippen LogP contribution is -2.36. The van der Waals surface area contributed by atoms with Gasteiger partial charge < -0.3 is 5.32 Å². The summed E-state index contributed by atoms with van der Waals surface area (Å²) >= 11 is 1.01. The number of nitrogens with one attached hydrogen (secondary N) is 2. The van der Waals surface area contributed by atoms with E-state index >= 15 is 0 Å². The fourth-order valence-corrected chi connectivity index (χ4v) is 3.73. The van der Waals surface area contributed by atoms with E-state index in [2.05, 4.69) is 5.32 Å². The van der Waals surface area contributed by atoms with Gasteiger partial charge in [0.05, 0.1) is 0 Å². The molecule has 2 fully saturated rings. The first-order chi connectivity index (χ1) is 11.8. The van der Waals surface area contributed by atoms with E-state index < -0.39 is 40.6 Å². The Morgan fingerprint density at radius 2 is 1.76 bits per heavy atom. The Morgan fingerprint density at radius 3 is 2.36 bits per heavy atom. The highest BCUT2D eigenvalue weighted by Crippen LogP contribution is 2.38. The minimum absolute atomic E-state index is 0.158. The summed E-state index contributed by atoms with van der Waals surface area (Å²) < 4.78 is 12.8. The monoisotopic (exact) mass is 381 g/mol. The van der Waals surface area contributed by atoms with E-state index in [1.165, 1.54) is 12.1 Å². The van der Waals surface area contributed by atoms with Crippen molar-refractivity contribution in [1.29, 1.82) is 0 Å². The summed E-state index contributed by atoms with van der Waals surface area (Å²) in [7, 11) is 0. The minimum Gasteiger partial charge on any atom is -0.325 e. The molecule has 2 aliphatic rings. The van der Waals surface area contributed by atoms with Gasteiger partial charge in [0.2, 0.25) is 5.91 Å². The van der Waals surface area contributed by atoms with Gasteiger partial charge in [0.15, 0.2) is 0 Å². The zero-order valence-electron chi connectivity index (χ0n) is 12.2. The molecule has 2 heterocycles. The highest BCUT2D eigenvalue weighted by atomic mass is 32.2. The van der Waals surface area contributed by atoms with Gasteiger partial charge in [-0.2, -0.15) is 0 Å². The van der Waals surface area contributed by atoms with Crippen LogP contribution in [-0.2, 0) is 14.4 Å². The number of carbonyl (C=O) groups is 5. The molecule has 0 aliphatic carbocycles. The van der Waals surface area contributed by atoms with Crippen LogP contribution >= 0.6 is 23.5 Å². The number of benzene rings is 1. The van der Waals surface area contributed by atoms with E-state index in [-0.39, 0.29) is 9.81 Å². The molecule has 1 aromatic carbocycles. The van der Waals surface area contributed by atoms with Crippen molar-refractivity contribution in [3.8, 4) is 0 Å². The Labute approximate surface area is 148 Å². The van der Waals surface area contributed by atoms with Gasteiger partial charge in [-0.05, 0) is 47.8 Å². The SMILES string of the molecule is O=C(CN1C(=O)S/C(=C2/SC(=O)NC2=O)C1=O)Nc1ccc(F)cc1. The third-order valence-electron chi connectivity index (χ3n) is 3.10. The first kappa shape index (κ1) is 17.2. The standard InChI is InChI=1S/C14H8FN3O5S2/c15-6-1-3-7(4-2-6)16-8(19)5-18-12(21)10(25-14(18)23)9-11(20)17-13(22)24-9/h1-4H,5H2,(H,16,19)(H,17,20,22)/b10-9+. The fourth-order valence-electron chi connectivity index (χ4n) is 2.01. The number of halogens is 1.